The van der Waals surface area contributed by atoms with Crippen molar-refractivity contribution in [1.82, 2.24) is 14.8 Å². The van der Waals surface area contributed by atoms with Crippen LogP contribution in [0.15, 0.2) is 85.5 Å². The third-order valence-electron chi connectivity index (χ3n) is 7.93. The molecule has 1 saturated heterocycles. The number of nitrogens with zero attached hydrogens (tertiary/aromatic N) is 4. The number of phosphoric acid groups is 1. The van der Waals surface area contributed by atoms with Gasteiger partial charge in [0.15, 0.2) is 11.9 Å². The molecule has 0 aliphatic carbocycles. The number of esters is 1. The van der Waals surface area contributed by atoms with Crippen LogP contribution in [0.3, 0.4) is 0 Å². The zero-order valence-corrected chi connectivity index (χ0v) is 29.4. The van der Waals surface area contributed by atoms with Crippen molar-refractivity contribution >= 4 is 31.6 Å². The van der Waals surface area contributed by atoms with Gasteiger partial charge in [-0.3, -0.25) is 4.52 Å². The van der Waals surface area contributed by atoms with E-state index in [4.69, 9.17) is 19.5 Å². The summed E-state index contributed by atoms with van der Waals surface area (Å²) >= 11 is 1.21. The third kappa shape index (κ3) is 10.5. The van der Waals surface area contributed by atoms with Crippen LogP contribution in [-0.4, -0.2) is 60.5 Å². The van der Waals surface area contributed by atoms with Crippen LogP contribution >= 0.6 is 19.6 Å². The number of carbonyl (C=O) groups excluding carboxylic acids is 1. The zero-order valence-electron chi connectivity index (χ0n) is 27.7. The van der Waals surface area contributed by atoms with Gasteiger partial charge in [-0.15, -0.1) is 11.8 Å². The van der Waals surface area contributed by atoms with Crippen molar-refractivity contribution in [2.45, 2.75) is 42.5 Å². The van der Waals surface area contributed by atoms with E-state index in [0.717, 1.165) is 36.4 Å². The molecule has 1 aliphatic rings. The van der Waals surface area contributed by atoms with Gasteiger partial charge in [0.2, 0.25) is 0 Å². The molecule has 278 valence electrons. The molecule has 0 bridgehead atoms. The Morgan fingerprint density at radius 2 is 1.83 bits per heavy atom. The molecule has 1 aliphatic heterocycles. The molecule has 2 N–H and O–H groups in total. The highest BCUT2D eigenvalue weighted by atomic mass is 32.2. The summed E-state index contributed by atoms with van der Waals surface area (Å²) in [6.07, 6.45) is 8.03. The summed E-state index contributed by atoms with van der Waals surface area (Å²) in [4.78, 5) is 36.3. The number of carbonyl (C=O) groups is 1. The minimum absolute atomic E-state index is 0.124. The lowest BCUT2D eigenvalue weighted by molar-refractivity contribution is -0.146. The maximum absolute atomic E-state index is 15.8. The summed E-state index contributed by atoms with van der Waals surface area (Å²) in [7, 11) is -5.04. The van der Waals surface area contributed by atoms with Crippen LogP contribution in [0.4, 0.5) is 17.6 Å². The van der Waals surface area contributed by atoms with Gasteiger partial charge in [-0.05, 0) is 61.0 Å². The van der Waals surface area contributed by atoms with Crippen LogP contribution in [0.2, 0.25) is 0 Å². The van der Waals surface area contributed by atoms with Gasteiger partial charge in [0, 0.05) is 22.4 Å². The van der Waals surface area contributed by atoms with Crippen molar-refractivity contribution in [1.29, 1.82) is 5.26 Å². The summed E-state index contributed by atoms with van der Waals surface area (Å²) in [6, 6.07) is 11.5. The molecule has 18 heteroatoms. The SMILES string of the molecule is C[C@@H](S[C@H]1CO[C@H](C=CC=Cc2ccc(C#N)cc2F)OC1)[C@@](Cn1cncn1)(OC(=O)c1ccc(F)cc1COP(=O)(O)O)c1ccc(F)cc1F. The zero-order chi connectivity index (χ0) is 38.2. The van der Waals surface area contributed by atoms with E-state index >= 15 is 4.39 Å². The van der Waals surface area contributed by atoms with E-state index < -0.39 is 66.1 Å². The lowest BCUT2D eigenvalue weighted by Crippen LogP contribution is -2.47. The molecule has 1 aromatic heterocycles. The molecule has 2 atom stereocenters. The Morgan fingerprint density at radius 3 is 2.49 bits per heavy atom. The van der Waals surface area contributed by atoms with Crippen LogP contribution in [0.25, 0.3) is 6.08 Å². The molecular formula is C35H31F4N4O8PS. The van der Waals surface area contributed by atoms with Gasteiger partial charge in [-0.2, -0.15) is 10.4 Å². The number of aromatic nitrogens is 3. The molecule has 53 heavy (non-hydrogen) atoms. The van der Waals surface area contributed by atoms with E-state index in [-0.39, 0.29) is 47.6 Å². The fraction of sp³-hybridized carbons (Fsp3) is 0.257. The Labute approximate surface area is 304 Å². The quantitative estimate of drug-likeness (QED) is 0.0646. The second kappa shape index (κ2) is 17.4. The number of phosphoric ester groups is 1. The third-order valence-corrected chi connectivity index (χ3v) is 9.84. The van der Waals surface area contributed by atoms with Gasteiger partial charge in [-0.25, -0.2) is 36.6 Å². The van der Waals surface area contributed by atoms with Gasteiger partial charge in [0.25, 0.3) is 0 Å². The largest absolute Gasteiger partial charge is 0.469 e. The van der Waals surface area contributed by atoms with E-state index in [0.29, 0.717) is 6.07 Å². The highest BCUT2D eigenvalue weighted by molar-refractivity contribution is 8.00. The van der Waals surface area contributed by atoms with E-state index in [1.807, 2.05) is 6.07 Å². The lowest BCUT2D eigenvalue weighted by atomic mass is 9.89. The Morgan fingerprint density at radius 1 is 1.09 bits per heavy atom. The molecule has 0 unspecified atom stereocenters. The first-order chi connectivity index (χ1) is 25.3. The number of halogens is 4. The maximum Gasteiger partial charge on any atom is 0.469 e. The molecule has 1 fully saturated rings. The molecule has 5 rings (SSSR count). The van der Waals surface area contributed by atoms with E-state index in [2.05, 4.69) is 14.6 Å². The molecular weight excluding hydrogens is 743 g/mol. The summed E-state index contributed by atoms with van der Waals surface area (Å²) in [5.74, 6) is -4.47. The van der Waals surface area contributed by atoms with Crippen molar-refractivity contribution in [3.05, 3.63) is 137 Å². The summed E-state index contributed by atoms with van der Waals surface area (Å²) in [6.45, 7) is 0.681. The highest BCUT2D eigenvalue weighted by Crippen LogP contribution is 2.43. The first kappa shape index (κ1) is 39.5. The normalized spacial score (nSPS) is 18.2. The van der Waals surface area contributed by atoms with Crippen LogP contribution in [0.1, 0.15) is 39.5 Å². The van der Waals surface area contributed by atoms with Crippen LogP contribution in [-0.2, 0) is 42.1 Å². The molecule has 2 heterocycles. The number of ether oxygens (including phenoxy) is 3. The average Bonchev–Trinajstić information content (AvgIpc) is 3.62. The minimum atomic E-state index is -5.04. The average molecular weight is 775 g/mol. The predicted molar refractivity (Wildman–Crippen MR) is 183 cm³/mol. The number of benzene rings is 3. The van der Waals surface area contributed by atoms with Crippen molar-refractivity contribution in [3.63, 3.8) is 0 Å². The monoisotopic (exact) mass is 774 g/mol. The van der Waals surface area contributed by atoms with Crippen LogP contribution in [0.5, 0.6) is 0 Å². The van der Waals surface area contributed by atoms with Gasteiger partial charge < -0.3 is 24.0 Å². The number of hydrogen-bond acceptors (Lipinski definition) is 10. The van der Waals surface area contributed by atoms with Crippen LogP contribution in [0, 0.1) is 34.6 Å². The fourth-order valence-electron chi connectivity index (χ4n) is 5.38. The second-order valence-electron chi connectivity index (χ2n) is 11.6. The fourth-order valence-corrected chi connectivity index (χ4v) is 7.05. The van der Waals surface area contributed by atoms with Gasteiger partial charge in [0.1, 0.15) is 35.9 Å². The Kier molecular flexibility index (Phi) is 13.0. The first-order valence-corrected chi connectivity index (χ1v) is 18.2. The number of nitriles is 1. The first-order valence-electron chi connectivity index (χ1n) is 15.7. The standard InChI is InChI=1S/C35H31F4N4O8PS/c1-22(53-28-17-48-33(49-18-28)5-3-2-4-24-7-6-23(15-40)12-31(24)38)35(19-43-21-41-20-42-43,30-11-9-27(37)14-32(30)39)51-34(44)29-10-8-26(36)13-25(29)16-50-52(45,46)47/h2-14,20-22,28,33H,16-19H2,1H3,(H2,45,46,47)/t22-,28-,33-,35-/m1/s1. The van der Waals surface area contributed by atoms with Crippen molar-refractivity contribution in [2.24, 2.45) is 0 Å². The van der Waals surface area contributed by atoms with E-state index in [1.54, 1.807) is 25.2 Å². The molecule has 3 aromatic carbocycles. The molecule has 12 nitrogen and oxygen atoms in total. The Bertz CT molecular complexity index is 2070. The topological polar surface area (TPSA) is 166 Å². The number of hydrogen-bond donors (Lipinski definition) is 2. The van der Waals surface area contributed by atoms with E-state index in [9.17, 15) is 32.3 Å². The Balaban J connectivity index is 1.39. The van der Waals surface area contributed by atoms with Crippen LogP contribution < -0.4 is 0 Å². The minimum Gasteiger partial charge on any atom is -0.447 e. The lowest BCUT2D eigenvalue weighted by Gasteiger charge is -2.40. The predicted octanol–water partition coefficient (Wildman–Crippen LogP) is 6.20. The van der Waals surface area contributed by atoms with Gasteiger partial charge >= 0.3 is 13.8 Å². The second-order valence-corrected chi connectivity index (χ2v) is 14.5. The maximum atomic E-state index is 15.8. The molecule has 0 radical (unpaired) electrons. The highest BCUT2D eigenvalue weighted by Gasteiger charge is 2.47. The van der Waals surface area contributed by atoms with Crippen molar-refractivity contribution < 1.29 is 55.4 Å². The van der Waals surface area contributed by atoms with Gasteiger partial charge in [-0.1, -0.05) is 24.3 Å². The van der Waals surface area contributed by atoms with E-state index in [1.165, 1.54) is 47.3 Å². The summed E-state index contributed by atoms with van der Waals surface area (Å²) in [5.41, 5.74) is -2.32. The summed E-state index contributed by atoms with van der Waals surface area (Å²) < 4.78 is 93.4. The summed E-state index contributed by atoms with van der Waals surface area (Å²) in [5, 5.41) is 11.7. The number of allylic oxidation sites excluding steroid dienone is 2. The molecule has 0 saturated carbocycles. The smallest absolute Gasteiger partial charge is 0.447 e. The molecule has 0 amide bonds. The van der Waals surface area contributed by atoms with Crippen molar-refractivity contribution in [3.8, 4) is 6.07 Å². The Hall–Kier alpha value is -4.66. The number of thioether (sulfide) groups is 1. The van der Waals surface area contributed by atoms with Crippen molar-refractivity contribution in [2.75, 3.05) is 13.2 Å². The molecule has 4 aromatic rings. The van der Waals surface area contributed by atoms with Gasteiger partial charge in [0.05, 0.1) is 48.8 Å². The number of rotatable bonds is 14. The molecule has 0 spiro atoms.